The highest BCUT2D eigenvalue weighted by molar-refractivity contribution is 6.10. The molecule has 0 fully saturated rings. The summed E-state index contributed by atoms with van der Waals surface area (Å²) in [7, 11) is 0. The summed E-state index contributed by atoms with van der Waals surface area (Å²) in [6.07, 6.45) is 0. The molecule has 4 aliphatic rings. The Morgan fingerprint density at radius 1 is 0.444 bits per heavy atom. The molecule has 9 aromatic rings. The van der Waals surface area contributed by atoms with Crippen molar-refractivity contribution >= 4 is 22.1 Å². The van der Waals surface area contributed by atoms with Crippen LogP contribution in [0.5, 0.6) is 0 Å². The summed E-state index contributed by atoms with van der Waals surface area (Å²) >= 11 is 0. The number of nitrogens with zero attached hydrogens (tertiary/aromatic N) is 2. The molecule has 3 heteroatoms. The quantitative estimate of drug-likeness (QED) is 0.185. The molecule has 3 nitrogen and oxygen atoms in total. The molecule has 0 spiro atoms. The van der Waals surface area contributed by atoms with Gasteiger partial charge in [0.05, 0.1) is 16.5 Å². The van der Waals surface area contributed by atoms with Crippen molar-refractivity contribution < 1.29 is 4.42 Å². The summed E-state index contributed by atoms with van der Waals surface area (Å²) < 4.78 is 6.73. The largest absolute Gasteiger partial charge is 0.438 e. The summed E-state index contributed by atoms with van der Waals surface area (Å²) in [6, 6.07) is 62.0. The van der Waals surface area contributed by atoms with Gasteiger partial charge < -0.3 is 4.42 Å². The Morgan fingerprint density at radius 3 is 1.61 bits per heavy atom. The maximum absolute atomic E-state index is 6.73. The first-order chi connectivity index (χ1) is 26.5. The van der Waals surface area contributed by atoms with Crippen molar-refractivity contribution in [2.45, 2.75) is 30.1 Å². The molecule has 0 radical (unpaired) electrons. The molecule has 2 bridgehead atoms. The van der Waals surface area contributed by atoms with Gasteiger partial charge >= 0.3 is 0 Å². The van der Waals surface area contributed by atoms with E-state index in [4.69, 9.17) is 14.4 Å². The van der Waals surface area contributed by atoms with E-state index in [9.17, 15) is 0 Å². The fourth-order valence-corrected chi connectivity index (χ4v) is 10.6. The molecule has 13 rings (SSSR count). The van der Waals surface area contributed by atoms with Crippen LogP contribution in [-0.4, -0.2) is 9.97 Å². The molecule has 0 N–H and O–H groups in total. The molecule has 4 aliphatic carbocycles. The highest BCUT2D eigenvalue weighted by atomic mass is 16.3. The zero-order chi connectivity index (χ0) is 35.8. The van der Waals surface area contributed by atoms with E-state index in [1.54, 1.807) is 0 Å². The van der Waals surface area contributed by atoms with Crippen molar-refractivity contribution in [3.63, 3.8) is 0 Å². The highest BCUT2D eigenvalue weighted by Gasteiger charge is 2.61. The minimum absolute atomic E-state index is 0.154. The van der Waals surface area contributed by atoms with Crippen LogP contribution in [-0.2, 0) is 16.2 Å². The number of fused-ring (bicyclic) bond motifs is 6. The summed E-state index contributed by atoms with van der Waals surface area (Å²) in [5, 5.41) is 1.96. The van der Waals surface area contributed by atoms with E-state index < -0.39 is 10.8 Å². The van der Waals surface area contributed by atoms with Gasteiger partial charge in [-0.05, 0) is 73.3 Å². The fraction of sp³-hybridized carbons (Fsp3) is 0.0980. The maximum atomic E-state index is 6.73. The molecular weight excluding hydrogens is 657 g/mol. The van der Waals surface area contributed by atoms with Gasteiger partial charge in [0.15, 0.2) is 5.82 Å². The second-order valence-corrected chi connectivity index (χ2v) is 15.6. The Kier molecular flexibility index (Phi) is 5.71. The lowest BCUT2D eigenvalue weighted by Crippen LogP contribution is -2.52. The lowest BCUT2D eigenvalue weighted by atomic mass is 9.45. The Hall–Kier alpha value is -6.58. The number of para-hydroxylation sites is 1. The summed E-state index contributed by atoms with van der Waals surface area (Å²) in [6.45, 7) is 4.67. The van der Waals surface area contributed by atoms with Crippen LogP contribution in [0.4, 0.5) is 0 Å². The lowest BCUT2D eigenvalue weighted by Gasteiger charge is -2.56. The standard InChI is InChI=1S/C51H34N2O/c1-49(2)36-20-8-6-18-33(36)34-29-28-31(30-43(34)49)46-45-35-19-7-15-27-44(35)54-47(45)53-48(52-46)51-40-24-12-9-21-37(40)50(32-16-4-3-5-17-32,38-22-10-13-25-41(38)51)39-23-11-14-26-42(39)51/h3-30H,1-2H3. The van der Waals surface area contributed by atoms with Gasteiger partial charge in [0.1, 0.15) is 11.0 Å². The first-order valence-corrected chi connectivity index (χ1v) is 18.8. The molecule has 7 aromatic carbocycles. The Labute approximate surface area is 313 Å². The SMILES string of the molecule is CC1(C)c2ccccc2-c2ccc(-c3nc(C45c6ccccc6C(c6ccccc6)(c6ccccc64)c4ccccc45)nc4oc5ccccc5c34)cc21. The minimum atomic E-state index is -0.797. The van der Waals surface area contributed by atoms with Gasteiger partial charge in [-0.2, -0.15) is 4.98 Å². The monoisotopic (exact) mass is 690 g/mol. The Morgan fingerprint density at radius 2 is 0.963 bits per heavy atom. The van der Waals surface area contributed by atoms with E-state index in [-0.39, 0.29) is 5.41 Å². The van der Waals surface area contributed by atoms with Crippen molar-refractivity contribution in [2.24, 2.45) is 0 Å². The third kappa shape index (κ3) is 3.44. The van der Waals surface area contributed by atoms with Crippen LogP contribution in [0.1, 0.15) is 69.7 Å². The van der Waals surface area contributed by atoms with Crippen molar-refractivity contribution in [3.05, 3.63) is 226 Å². The number of rotatable bonds is 3. The van der Waals surface area contributed by atoms with Crippen LogP contribution < -0.4 is 0 Å². The lowest BCUT2D eigenvalue weighted by molar-refractivity contribution is 0.533. The van der Waals surface area contributed by atoms with Crippen molar-refractivity contribution in [3.8, 4) is 22.4 Å². The second-order valence-electron chi connectivity index (χ2n) is 15.6. The fourth-order valence-electron chi connectivity index (χ4n) is 10.6. The molecular formula is C51H34N2O. The average molecular weight is 691 g/mol. The molecule has 254 valence electrons. The first-order valence-electron chi connectivity index (χ1n) is 18.8. The summed E-state index contributed by atoms with van der Waals surface area (Å²) in [5.41, 5.74) is 15.8. The van der Waals surface area contributed by atoms with Gasteiger partial charge in [0.2, 0.25) is 5.71 Å². The smallest absolute Gasteiger partial charge is 0.231 e. The van der Waals surface area contributed by atoms with Crippen molar-refractivity contribution in [1.29, 1.82) is 0 Å². The maximum Gasteiger partial charge on any atom is 0.231 e. The Bertz CT molecular complexity index is 2920. The number of hydrogen-bond acceptors (Lipinski definition) is 3. The molecule has 0 aliphatic heterocycles. The van der Waals surface area contributed by atoms with Gasteiger partial charge in [0, 0.05) is 16.4 Å². The third-order valence-electron chi connectivity index (χ3n) is 12.8. The van der Waals surface area contributed by atoms with Gasteiger partial charge in [0.25, 0.3) is 0 Å². The van der Waals surface area contributed by atoms with Gasteiger partial charge in [-0.15, -0.1) is 0 Å². The van der Waals surface area contributed by atoms with Crippen molar-refractivity contribution in [2.75, 3.05) is 0 Å². The van der Waals surface area contributed by atoms with Crippen LogP contribution in [0.3, 0.4) is 0 Å². The van der Waals surface area contributed by atoms with E-state index in [0.717, 1.165) is 33.4 Å². The first kappa shape index (κ1) is 29.9. The Balaban J connectivity index is 1.22. The number of hydrogen-bond donors (Lipinski definition) is 0. The van der Waals surface area contributed by atoms with Gasteiger partial charge in [-0.3, -0.25) is 0 Å². The van der Waals surface area contributed by atoms with E-state index in [0.29, 0.717) is 5.71 Å². The van der Waals surface area contributed by atoms with E-state index >= 15 is 0 Å². The molecule has 0 saturated heterocycles. The molecule has 0 unspecified atom stereocenters. The summed E-state index contributed by atoms with van der Waals surface area (Å²) in [4.78, 5) is 11.4. The van der Waals surface area contributed by atoms with E-state index in [1.165, 1.54) is 61.2 Å². The number of furan rings is 1. The van der Waals surface area contributed by atoms with Gasteiger partial charge in [-0.25, -0.2) is 4.98 Å². The molecule has 2 heterocycles. The topological polar surface area (TPSA) is 38.9 Å². The average Bonchev–Trinajstić information content (AvgIpc) is 3.72. The van der Waals surface area contributed by atoms with Crippen LogP contribution in [0.25, 0.3) is 44.5 Å². The van der Waals surface area contributed by atoms with Crippen LogP contribution in [0.15, 0.2) is 174 Å². The van der Waals surface area contributed by atoms with Crippen molar-refractivity contribution in [1.82, 2.24) is 9.97 Å². The predicted molar refractivity (Wildman–Crippen MR) is 216 cm³/mol. The third-order valence-corrected chi connectivity index (χ3v) is 12.8. The molecule has 2 aromatic heterocycles. The zero-order valence-electron chi connectivity index (χ0n) is 30.0. The summed E-state index contributed by atoms with van der Waals surface area (Å²) in [5.74, 6) is 0.723. The van der Waals surface area contributed by atoms with Crippen LogP contribution >= 0.6 is 0 Å². The molecule has 54 heavy (non-hydrogen) atoms. The van der Waals surface area contributed by atoms with Crippen LogP contribution in [0.2, 0.25) is 0 Å². The highest BCUT2D eigenvalue weighted by Crippen LogP contribution is 2.65. The van der Waals surface area contributed by atoms with Gasteiger partial charge in [-0.1, -0.05) is 172 Å². The molecule has 0 saturated carbocycles. The number of benzene rings is 7. The second kappa shape index (κ2) is 10.3. The normalized spacial score (nSPS) is 19.6. The van der Waals surface area contributed by atoms with E-state index in [2.05, 4.69) is 172 Å². The van der Waals surface area contributed by atoms with E-state index in [1.807, 2.05) is 12.1 Å². The van der Waals surface area contributed by atoms with Crippen LogP contribution in [0, 0.1) is 0 Å². The predicted octanol–water partition coefficient (Wildman–Crippen LogP) is 11.7. The molecule has 0 amide bonds. The number of aromatic nitrogens is 2. The molecule has 0 atom stereocenters. The zero-order valence-corrected chi connectivity index (χ0v) is 30.0. The minimum Gasteiger partial charge on any atom is -0.438 e.